The Kier molecular flexibility index (Phi) is 5.45. The lowest BCUT2D eigenvalue weighted by Crippen LogP contribution is -2.07. The number of ketones is 1. The molecule has 0 spiro atoms. The van der Waals surface area contributed by atoms with E-state index in [4.69, 9.17) is 4.74 Å². The maximum atomic E-state index is 12.4. The van der Waals surface area contributed by atoms with E-state index in [-0.39, 0.29) is 17.6 Å². The number of carbonyl (C=O) groups is 1. The standard InChI is InChI=1S/C18H18N4O2S/c1-13(2)22-18(19-20-21-22)25-12-17(23)14-8-10-16(11-9-14)24-15-6-4-3-5-7-15/h3-11,13H,12H2,1-2H3. The number of rotatable bonds is 7. The quantitative estimate of drug-likeness (QED) is 0.471. The predicted molar refractivity (Wildman–Crippen MR) is 96.2 cm³/mol. The summed E-state index contributed by atoms with van der Waals surface area (Å²) < 4.78 is 7.43. The molecule has 3 rings (SSSR count). The SMILES string of the molecule is CC(C)n1nnnc1SCC(=O)c1ccc(Oc2ccccc2)cc1. The predicted octanol–water partition coefficient (Wildman–Crippen LogP) is 4.02. The summed E-state index contributed by atoms with van der Waals surface area (Å²) in [6.45, 7) is 3.99. The van der Waals surface area contributed by atoms with Gasteiger partial charge in [-0.15, -0.1) is 5.10 Å². The average Bonchev–Trinajstić information content (AvgIpc) is 3.10. The van der Waals surface area contributed by atoms with Crippen molar-refractivity contribution in [1.82, 2.24) is 20.2 Å². The number of hydrogen-bond acceptors (Lipinski definition) is 6. The van der Waals surface area contributed by atoms with Crippen molar-refractivity contribution in [1.29, 1.82) is 0 Å². The fraction of sp³-hybridized carbons (Fsp3) is 0.222. The Hall–Kier alpha value is -2.67. The molecule has 1 aromatic heterocycles. The molecule has 0 aliphatic carbocycles. The first kappa shape index (κ1) is 17.2. The van der Waals surface area contributed by atoms with Crippen LogP contribution in [0.25, 0.3) is 0 Å². The molecule has 0 saturated carbocycles. The minimum atomic E-state index is 0.0227. The maximum Gasteiger partial charge on any atom is 0.209 e. The molecule has 0 aliphatic rings. The number of benzene rings is 2. The molecule has 0 atom stereocenters. The molecular formula is C18H18N4O2S. The second-order valence-electron chi connectivity index (χ2n) is 5.65. The number of nitrogens with zero attached hydrogens (tertiary/aromatic N) is 4. The van der Waals surface area contributed by atoms with Gasteiger partial charge in [0.05, 0.1) is 11.8 Å². The smallest absolute Gasteiger partial charge is 0.209 e. The number of aromatic nitrogens is 4. The van der Waals surface area contributed by atoms with Gasteiger partial charge >= 0.3 is 0 Å². The minimum Gasteiger partial charge on any atom is -0.457 e. The first-order chi connectivity index (χ1) is 12.1. The van der Waals surface area contributed by atoms with Crippen molar-refractivity contribution in [3.05, 3.63) is 60.2 Å². The highest BCUT2D eigenvalue weighted by Gasteiger charge is 2.13. The van der Waals surface area contributed by atoms with E-state index < -0.39 is 0 Å². The molecule has 128 valence electrons. The fourth-order valence-electron chi connectivity index (χ4n) is 2.15. The van der Waals surface area contributed by atoms with Crippen LogP contribution in [-0.2, 0) is 0 Å². The van der Waals surface area contributed by atoms with Crippen LogP contribution in [0.2, 0.25) is 0 Å². The van der Waals surface area contributed by atoms with E-state index in [1.165, 1.54) is 11.8 Å². The number of thioether (sulfide) groups is 1. The molecule has 6 nitrogen and oxygen atoms in total. The Labute approximate surface area is 150 Å². The molecule has 0 unspecified atom stereocenters. The molecular weight excluding hydrogens is 336 g/mol. The molecule has 2 aromatic carbocycles. The molecule has 7 heteroatoms. The highest BCUT2D eigenvalue weighted by atomic mass is 32.2. The monoisotopic (exact) mass is 354 g/mol. The van der Waals surface area contributed by atoms with Crippen molar-refractivity contribution in [3.8, 4) is 11.5 Å². The number of Topliss-reactive ketones (excluding diaryl/α,β-unsaturated/α-hetero) is 1. The lowest BCUT2D eigenvalue weighted by atomic mass is 10.1. The van der Waals surface area contributed by atoms with Crippen molar-refractivity contribution < 1.29 is 9.53 Å². The Bertz CT molecular complexity index is 832. The summed E-state index contributed by atoms with van der Waals surface area (Å²) in [5.41, 5.74) is 0.636. The summed E-state index contributed by atoms with van der Waals surface area (Å²) in [6, 6.07) is 16.8. The molecule has 0 saturated heterocycles. The van der Waals surface area contributed by atoms with Gasteiger partial charge < -0.3 is 4.74 Å². The average molecular weight is 354 g/mol. The van der Waals surface area contributed by atoms with Gasteiger partial charge in [-0.05, 0) is 60.7 Å². The van der Waals surface area contributed by atoms with Crippen molar-refractivity contribution in [2.45, 2.75) is 25.0 Å². The van der Waals surface area contributed by atoms with Crippen molar-refractivity contribution >= 4 is 17.5 Å². The van der Waals surface area contributed by atoms with Gasteiger partial charge in [0.2, 0.25) is 5.16 Å². The first-order valence-corrected chi connectivity index (χ1v) is 8.89. The normalized spacial score (nSPS) is 10.8. The maximum absolute atomic E-state index is 12.4. The van der Waals surface area contributed by atoms with E-state index in [9.17, 15) is 4.79 Å². The lowest BCUT2D eigenvalue weighted by molar-refractivity contribution is 0.102. The van der Waals surface area contributed by atoms with Crippen LogP contribution in [0, 0.1) is 0 Å². The lowest BCUT2D eigenvalue weighted by Gasteiger charge is -2.07. The van der Waals surface area contributed by atoms with E-state index in [0.29, 0.717) is 16.5 Å². The van der Waals surface area contributed by atoms with Gasteiger partial charge in [-0.3, -0.25) is 4.79 Å². The Balaban J connectivity index is 1.60. The molecule has 0 N–H and O–H groups in total. The van der Waals surface area contributed by atoms with Gasteiger partial charge in [-0.2, -0.15) is 0 Å². The third kappa shape index (κ3) is 4.45. The molecule has 0 amide bonds. The second-order valence-corrected chi connectivity index (χ2v) is 6.59. The van der Waals surface area contributed by atoms with Gasteiger partial charge in [-0.1, -0.05) is 30.0 Å². The summed E-state index contributed by atoms with van der Waals surface area (Å²) in [6.07, 6.45) is 0. The zero-order valence-electron chi connectivity index (χ0n) is 14.0. The van der Waals surface area contributed by atoms with Crippen LogP contribution < -0.4 is 4.74 Å². The van der Waals surface area contributed by atoms with Crippen LogP contribution >= 0.6 is 11.8 Å². The van der Waals surface area contributed by atoms with Crippen molar-refractivity contribution in [3.63, 3.8) is 0 Å². The van der Waals surface area contributed by atoms with Gasteiger partial charge in [0.1, 0.15) is 11.5 Å². The van der Waals surface area contributed by atoms with E-state index in [2.05, 4.69) is 15.5 Å². The highest BCUT2D eigenvalue weighted by molar-refractivity contribution is 7.99. The Morgan fingerprint density at radius 3 is 2.44 bits per heavy atom. The summed E-state index contributed by atoms with van der Waals surface area (Å²) in [5, 5.41) is 12.2. The summed E-state index contributed by atoms with van der Waals surface area (Å²) in [5.74, 6) is 1.76. The fourth-order valence-corrected chi connectivity index (χ4v) is 3.05. The zero-order valence-corrected chi connectivity index (χ0v) is 14.8. The molecule has 0 bridgehead atoms. The summed E-state index contributed by atoms with van der Waals surface area (Å²) in [7, 11) is 0. The number of tetrazole rings is 1. The number of para-hydroxylation sites is 1. The van der Waals surface area contributed by atoms with E-state index in [0.717, 1.165) is 5.75 Å². The van der Waals surface area contributed by atoms with E-state index in [1.807, 2.05) is 44.2 Å². The van der Waals surface area contributed by atoms with Crippen molar-refractivity contribution in [2.24, 2.45) is 0 Å². The molecule has 0 radical (unpaired) electrons. The number of ether oxygens (including phenoxy) is 1. The zero-order chi connectivity index (χ0) is 17.6. The topological polar surface area (TPSA) is 69.9 Å². The first-order valence-electron chi connectivity index (χ1n) is 7.90. The number of carbonyl (C=O) groups excluding carboxylic acids is 1. The summed E-state index contributed by atoms with van der Waals surface area (Å²) >= 11 is 1.34. The third-order valence-corrected chi connectivity index (χ3v) is 4.37. The van der Waals surface area contributed by atoms with Crippen LogP contribution in [-0.4, -0.2) is 31.7 Å². The van der Waals surface area contributed by atoms with E-state index >= 15 is 0 Å². The number of hydrogen-bond donors (Lipinski definition) is 0. The van der Waals surface area contributed by atoms with Crippen LogP contribution in [0.5, 0.6) is 11.5 Å². The van der Waals surface area contributed by atoms with Crippen LogP contribution in [0.3, 0.4) is 0 Å². The largest absolute Gasteiger partial charge is 0.457 e. The van der Waals surface area contributed by atoms with Crippen LogP contribution in [0.4, 0.5) is 0 Å². The Morgan fingerprint density at radius 2 is 1.76 bits per heavy atom. The minimum absolute atomic E-state index is 0.0227. The third-order valence-electron chi connectivity index (χ3n) is 3.44. The molecule has 3 aromatic rings. The summed E-state index contributed by atoms with van der Waals surface area (Å²) in [4.78, 5) is 12.4. The molecule has 0 fully saturated rings. The molecule has 0 aliphatic heterocycles. The van der Waals surface area contributed by atoms with Gasteiger partial charge in [0.15, 0.2) is 5.78 Å². The molecule has 25 heavy (non-hydrogen) atoms. The van der Waals surface area contributed by atoms with E-state index in [1.54, 1.807) is 28.9 Å². The molecule has 1 heterocycles. The van der Waals surface area contributed by atoms with Crippen molar-refractivity contribution in [2.75, 3.05) is 5.75 Å². The van der Waals surface area contributed by atoms with Crippen LogP contribution in [0.1, 0.15) is 30.2 Å². The van der Waals surface area contributed by atoms with Crippen LogP contribution in [0.15, 0.2) is 59.8 Å². The van der Waals surface area contributed by atoms with Gasteiger partial charge in [-0.25, -0.2) is 4.68 Å². The highest BCUT2D eigenvalue weighted by Crippen LogP contribution is 2.23. The second kappa shape index (κ2) is 7.94. The Morgan fingerprint density at radius 1 is 1.08 bits per heavy atom. The van der Waals surface area contributed by atoms with Gasteiger partial charge in [0, 0.05) is 5.56 Å². The van der Waals surface area contributed by atoms with Gasteiger partial charge in [0.25, 0.3) is 0 Å².